The molecule has 0 saturated carbocycles. The molecular formula is C18H24N4O5S. The number of nitro groups is 1. The van der Waals surface area contributed by atoms with Gasteiger partial charge in [-0.1, -0.05) is 0 Å². The lowest BCUT2D eigenvalue weighted by atomic mass is 10.1. The van der Waals surface area contributed by atoms with E-state index in [1.807, 2.05) is 13.8 Å². The Bertz CT molecular complexity index is 916. The maximum atomic E-state index is 12.3. The van der Waals surface area contributed by atoms with E-state index in [0.717, 1.165) is 10.4 Å². The van der Waals surface area contributed by atoms with Crippen molar-refractivity contribution in [3.05, 3.63) is 37.5 Å². The van der Waals surface area contributed by atoms with Crippen molar-refractivity contribution in [2.24, 2.45) is 0 Å². The molecule has 10 heteroatoms. The fourth-order valence-corrected chi connectivity index (χ4v) is 3.98. The second-order valence-corrected chi connectivity index (χ2v) is 7.58. The number of nitrogens with one attached hydrogen (secondary N) is 1. The Morgan fingerprint density at radius 2 is 1.96 bits per heavy atom. The smallest absolute Gasteiger partial charge is 0.341 e. The molecule has 0 aromatic carbocycles. The number of carbonyl (C=O) groups is 2. The Hall–Kier alpha value is -2.75. The summed E-state index contributed by atoms with van der Waals surface area (Å²) in [6.07, 6.45) is 0.660. The zero-order chi connectivity index (χ0) is 21.0. The number of amides is 1. The SMILES string of the molecule is CCOC(=O)c1c(NC(=O)CCCn2nc(C)c([N+](=O)[O-])c2C)sc(C)c1C. The molecule has 0 aliphatic heterocycles. The van der Waals surface area contributed by atoms with E-state index >= 15 is 0 Å². The first-order chi connectivity index (χ1) is 13.2. The summed E-state index contributed by atoms with van der Waals surface area (Å²) in [5.74, 6) is -0.683. The second-order valence-electron chi connectivity index (χ2n) is 6.36. The van der Waals surface area contributed by atoms with Crippen LogP contribution >= 0.6 is 11.3 Å². The van der Waals surface area contributed by atoms with E-state index in [0.29, 0.717) is 34.9 Å². The fraction of sp³-hybridized carbons (Fsp3) is 0.500. The van der Waals surface area contributed by atoms with Crippen molar-refractivity contribution in [2.45, 2.75) is 54.0 Å². The maximum absolute atomic E-state index is 12.3. The van der Waals surface area contributed by atoms with Gasteiger partial charge in [-0.25, -0.2) is 4.79 Å². The summed E-state index contributed by atoms with van der Waals surface area (Å²) in [7, 11) is 0. The van der Waals surface area contributed by atoms with E-state index < -0.39 is 10.9 Å². The van der Waals surface area contributed by atoms with E-state index in [2.05, 4.69) is 10.4 Å². The number of hydrogen-bond acceptors (Lipinski definition) is 7. The largest absolute Gasteiger partial charge is 0.462 e. The van der Waals surface area contributed by atoms with Gasteiger partial charge in [0.05, 0.1) is 17.1 Å². The number of nitrogens with zero attached hydrogens (tertiary/aromatic N) is 3. The molecule has 2 heterocycles. The summed E-state index contributed by atoms with van der Waals surface area (Å²) in [6.45, 7) is 9.32. The molecule has 0 unspecified atom stereocenters. The Morgan fingerprint density at radius 3 is 2.54 bits per heavy atom. The van der Waals surface area contributed by atoms with Crippen LogP contribution in [0.25, 0.3) is 0 Å². The van der Waals surface area contributed by atoms with Crippen LogP contribution in [0.4, 0.5) is 10.7 Å². The van der Waals surface area contributed by atoms with E-state index in [9.17, 15) is 19.7 Å². The first-order valence-corrected chi connectivity index (χ1v) is 9.74. The molecule has 1 N–H and O–H groups in total. The van der Waals surface area contributed by atoms with Gasteiger partial charge >= 0.3 is 11.7 Å². The third-order valence-corrected chi connectivity index (χ3v) is 5.54. The molecule has 0 aliphatic carbocycles. The highest BCUT2D eigenvalue weighted by Gasteiger charge is 2.23. The molecule has 0 spiro atoms. The average molecular weight is 408 g/mol. The second kappa shape index (κ2) is 8.96. The van der Waals surface area contributed by atoms with Crippen molar-refractivity contribution in [1.29, 1.82) is 0 Å². The quantitative estimate of drug-likeness (QED) is 0.404. The number of carbonyl (C=O) groups excluding carboxylic acids is 2. The number of rotatable bonds is 8. The molecule has 1 amide bonds. The van der Waals surface area contributed by atoms with Crippen LogP contribution in [0.5, 0.6) is 0 Å². The van der Waals surface area contributed by atoms with E-state index in [1.54, 1.807) is 25.5 Å². The number of hydrogen-bond donors (Lipinski definition) is 1. The van der Waals surface area contributed by atoms with Gasteiger partial charge in [-0.15, -0.1) is 11.3 Å². The molecular weight excluding hydrogens is 384 g/mol. The van der Waals surface area contributed by atoms with Crippen LogP contribution in [0.2, 0.25) is 0 Å². The van der Waals surface area contributed by atoms with Crippen LogP contribution < -0.4 is 5.32 Å². The monoisotopic (exact) mass is 408 g/mol. The van der Waals surface area contributed by atoms with Crippen molar-refractivity contribution in [3.63, 3.8) is 0 Å². The topological polar surface area (TPSA) is 116 Å². The lowest BCUT2D eigenvalue weighted by Gasteiger charge is -2.07. The Morgan fingerprint density at radius 1 is 1.29 bits per heavy atom. The van der Waals surface area contributed by atoms with Crippen molar-refractivity contribution >= 4 is 33.9 Å². The predicted octanol–water partition coefficient (Wildman–Crippen LogP) is 3.68. The summed E-state index contributed by atoms with van der Waals surface area (Å²) in [5.41, 5.74) is 2.03. The lowest BCUT2D eigenvalue weighted by molar-refractivity contribution is -0.386. The first kappa shape index (κ1) is 21.5. The molecule has 2 aromatic rings. The number of thiophene rings is 1. The molecule has 0 radical (unpaired) electrons. The molecule has 28 heavy (non-hydrogen) atoms. The molecule has 2 rings (SSSR count). The van der Waals surface area contributed by atoms with Gasteiger partial charge in [-0.2, -0.15) is 5.10 Å². The number of esters is 1. The normalized spacial score (nSPS) is 10.8. The number of aromatic nitrogens is 2. The average Bonchev–Trinajstić information content (AvgIpc) is 3.03. The minimum absolute atomic E-state index is 0.00747. The summed E-state index contributed by atoms with van der Waals surface area (Å²) < 4.78 is 6.62. The summed E-state index contributed by atoms with van der Waals surface area (Å²) in [4.78, 5) is 36.0. The Kier molecular flexibility index (Phi) is 6.90. The predicted molar refractivity (Wildman–Crippen MR) is 106 cm³/mol. The van der Waals surface area contributed by atoms with Gasteiger partial charge in [-0.3, -0.25) is 19.6 Å². The number of anilines is 1. The van der Waals surface area contributed by atoms with Crippen LogP contribution in [0, 0.1) is 37.8 Å². The van der Waals surface area contributed by atoms with E-state index in [1.165, 1.54) is 11.3 Å². The van der Waals surface area contributed by atoms with Crippen molar-refractivity contribution < 1.29 is 19.2 Å². The zero-order valence-electron chi connectivity index (χ0n) is 16.6. The molecule has 9 nitrogen and oxygen atoms in total. The molecule has 2 aromatic heterocycles. The van der Waals surface area contributed by atoms with Gasteiger partial charge in [0.15, 0.2) is 0 Å². The summed E-state index contributed by atoms with van der Waals surface area (Å²) in [5, 5.41) is 18.5. The fourth-order valence-electron chi connectivity index (χ4n) is 2.91. The van der Waals surface area contributed by atoms with Gasteiger partial charge in [0.25, 0.3) is 0 Å². The van der Waals surface area contributed by atoms with Crippen molar-refractivity contribution in [1.82, 2.24) is 9.78 Å². The van der Waals surface area contributed by atoms with Gasteiger partial charge in [0.1, 0.15) is 16.4 Å². The van der Waals surface area contributed by atoms with Crippen molar-refractivity contribution in [3.8, 4) is 0 Å². The van der Waals surface area contributed by atoms with Gasteiger partial charge < -0.3 is 10.1 Å². The van der Waals surface area contributed by atoms with E-state index in [-0.39, 0.29) is 24.6 Å². The molecule has 0 saturated heterocycles. The van der Waals surface area contributed by atoms with Gasteiger partial charge in [0.2, 0.25) is 5.91 Å². The van der Waals surface area contributed by atoms with Gasteiger partial charge in [-0.05, 0) is 46.6 Å². The van der Waals surface area contributed by atoms with Crippen LogP contribution in [0.1, 0.15) is 52.0 Å². The van der Waals surface area contributed by atoms with Crippen molar-refractivity contribution in [2.75, 3.05) is 11.9 Å². The van der Waals surface area contributed by atoms with Crippen LogP contribution in [-0.2, 0) is 16.1 Å². The highest BCUT2D eigenvalue weighted by molar-refractivity contribution is 7.16. The minimum Gasteiger partial charge on any atom is -0.462 e. The van der Waals surface area contributed by atoms with Crippen LogP contribution in [0.15, 0.2) is 0 Å². The molecule has 0 atom stereocenters. The first-order valence-electron chi connectivity index (χ1n) is 8.92. The Balaban J connectivity index is 2.01. The molecule has 0 fully saturated rings. The number of ether oxygens (including phenoxy) is 1. The molecule has 152 valence electrons. The molecule has 0 bridgehead atoms. The third kappa shape index (κ3) is 4.56. The van der Waals surface area contributed by atoms with Gasteiger partial charge in [0, 0.05) is 17.8 Å². The minimum atomic E-state index is -0.449. The standard InChI is InChI=1S/C18H24N4O5S/c1-6-27-18(24)15-10(2)13(5)28-17(15)19-14(23)8-7-9-21-12(4)16(22(25)26)11(3)20-21/h6-9H2,1-5H3,(H,19,23). The zero-order valence-corrected chi connectivity index (χ0v) is 17.4. The van der Waals surface area contributed by atoms with E-state index in [4.69, 9.17) is 4.74 Å². The summed E-state index contributed by atoms with van der Waals surface area (Å²) >= 11 is 1.34. The highest BCUT2D eigenvalue weighted by atomic mass is 32.1. The summed E-state index contributed by atoms with van der Waals surface area (Å²) in [6, 6.07) is 0. The highest BCUT2D eigenvalue weighted by Crippen LogP contribution is 2.33. The lowest BCUT2D eigenvalue weighted by Crippen LogP contribution is -2.15. The Labute approximate surface area is 166 Å². The molecule has 0 aliphatic rings. The van der Waals surface area contributed by atoms with Crippen LogP contribution in [-0.4, -0.2) is 33.2 Å². The maximum Gasteiger partial charge on any atom is 0.341 e. The number of aryl methyl sites for hydroxylation is 3. The third-order valence-electron chi connectivity index (χ3n) is 4.42. The van der Waals surface area contributed by atoms with Crippen LogP contribution in [0.3, 0.4) is 0 Å².